The SMILES string of the molecule is CCS(=O)(=O)Nc1cccc(C2(C)CCNCC2C)c1. The maximum atomic E-state index is 11.7. The minimum absolute atomic E-state index is 0.0921. The van der Waals surface area contributed by atoms with Crippen molar-refractivity contribution in [2.45, 2.75) is 32.6 Å². The van der Waals surface area contributed by atoms with Crippen molar-refractivity contribution in [2.24, 2.45) is 5.92 Å². The van der Waals surface area contributed by atoms with Gasteiger partial charge in [-0.15, -0.1) is 0 Å². The molecule has 112 valence electrons. The first-order chi connectivity index (χ1) is 9.37. The van der Waals surface area contributed by atoms with Gasteiger partial charge in [0.2, 0.25) is 10.0 Å². The molecule has 2 N–H and O–H groups in total. The molecule has 0 saturated carbocycles. The van der Waals surface area contributed by atoms with Crippen molar-refractivity contribution in [3.05, 3.63) is 29.8 Å². The van der Waals surface area contributed by atoms with E-state index in [2.05, 4.69) is 30.0 Å². The molecule has 1 aromatic rings. The van der Waals surface area contributed by atoms with Gasteiger partial charge in [-0.3, -0.25) is 4.72 Å². The van der Waals surface area contributed by atoms with Crippen molar-refractivity contribution in [2.75, 3.05) is 23.6 Å². The minimum atomic E-state index is -3.22. The van der Waals surface area contributed by atoms with Crippen LogP contribution in [0.3, 0.4) is 0 Å². The van der Waals surface area contributed by atoms with Gasteiger partial charge in [-0.1, -0.05) is 26.0 Å². The van der Waals surface area contributed by atoms with E-state index in [1.54, 1.807) is 6.92 Å². The quantitative estimate of drug-likeness (QED) is 0.896. The number of sulfonamides is 1. The Morgan fingerprint density at radius 1 is 1.45 bits per heavy atom. The van der Waals surface area contributed by atoms with E-state index in [0.717, 1.165) is 19.5 Å². The van der Waals surface area contributed by atoms with Crippen molar-refractivity contribution < 1.29 is 8.42 Å². The fourth-order valence-corrected chi connectivity index (χ4v) is 3.39. The molecule has 1 saturated heterocycles. The van der Waals surface area contributed by atoms with Gasteiger partial charge in [-0.25, -0.2) is 8.42 Å². The molecule has 4 nitrogen and oxygen atoms in total. The summed E-state index contributed by atoms with van der Waals surface area (Å²) < 4.78 is 26.0. The van der Waals surface area contributed by atoms with Crippen LogP contribution < -0.4 is 10.0 Å². The van der Waals surface area contributed by atoms with Crippen LogP contribution in [-0.4, -0.2) is 27.3 Å². The average molecular weight is 296 g/mol. The van der Waals surface area contributed by atoms with Crippen LogP contribution in [-0.2, 0) is 15.4 Å². The van der Waals surface area contributed by atoms with Crippen LogP contribution in [0, 0.1) is 5.92 Å². The number of piperidine rings is 1. The number of benzene rings is 1. The number of anilines is 1. The molecular formula is C15H24N2O2S. The van der Waals surface area contributed by atoms with E-state index in [1.807, 2.05) is 18.2 Å². The van der Waals surface area contributed by atoms with Crippen molar-refractivity contribution in [1.29, 1.82) is 0 Å². The molecule has 1 heterocycles. The van der Waals surface area contributed by atoms with Crippen LogP contribution in [0.4, 0.5) is 5.69 Å². The predicted molar refractivity (Wildman–Crippen MR) is 83.5 cm³/mol. The van der Waals surface area contributed by atoms with E-state index >= 15 is 0 Å². The summed E-state index contributed by atoms with van der Waals surface area (Å²) in [5, 5.41) is 3.41. The van der Waals surface area contributed by atoms with E-state index < -0.39 is 10.0 Å². The lowest BCUT2D eigenvalue weighted by Gasteiger charge is -2.40. The smallest absolute Gasteiger partial charge is 0.232 e. The van der Waals surface area contributed by atoms with Gasteiger partial charge >= 0.3 is 0 Å². The van der Waals surface area contributed by atoms with Gasteiger partial charge in [0.05, 0.1) is 5.75 Å². The van der Waals surface area contributed by atoms with Crippen LogP contribution in [0.1, 0.15) is 32.8 Å². The molecule has 0 amide bonds. The van der Waals surface area contributed by atoms with Crippen LogP contribution in [0.2, 0.25) is 0 Å². The molecular weight excluding hydrogens is 272 g/mol. The fourth-order valence-electron chi connectivity index (χ4n) is 2.76. The summed E-state index contributed by atoms with van der Waals surface area (Å²) in [5.41, 5.74) is 1.97. The van der Waals surface area contributed by atoms with Gasteiger partial charge in [0.25, 0.3) is 0 Å². The molecule has 0 radical (unpaired) electrons. The summed E-state index contributed by atoms with van der Waals surface area (Å²) in [6.07, 6.45) is 1.07. The predicted octanol–water partition coefficient (Wildman–Crippen LogP) is 2.34. The maximum absolute atomic E-state index is 11.7. The summed E-state index contributed by atoms with van der Waals surface area (Å²) in [6.45, 7) is 8.16. The molecule has 1 aliphatic rings. The molecule has 20 heavy (non-hydrogen) atoms. The molecule has 2 unspecified atom stereocenters. The lowest BCUT2D eigenvalue weighted by Crippen LogP contribution is -2.44. The molecule has 0 bridgehead atoms. The number of rotatable bonds is 4. The van der Waals surface area contributed by atoms with Crippen LogP contribution >= 0.6 is 0 Å². The van der Waals surface area contributed by atoms with E-state index in [-0.39, 0.29) is 11.2 Å². The van der Waals surface area contributed by atoms with E-state index in [0.29, 0.717) is 11.6 Å². The Balaban J connectivity index is 2.30. The van der Waals surface area contributed by atoms with Gasteiger partial charge in [-0.05, 0) is 55.5 Å². The second kappa shape index (κ2) is 5.74. The van der Waals surface area contributed by atoms with E-state index in [9.17, 15) is 8.42 Å². The largest absolute Gasteiger partial charge is 0.316 e. The normalized spacial score (nSPS) is 27.2. The number of hydrogen-bond donors (Lipinski definition) is 2. The number of hydrogen-bond acceptors (Lipinski definition) is 3. The third-order valence-corrected chi connectivity index (χ3v) is 5.84. The molecule has 5 heteroatoms. The van der Waals surface area contributed by atoms with Crippen molar-refractivity contribution in [3.63, 3.8) is 0 Å². The molecule has 2 atom stereocenters. The Morgan fingerprint density at radius 3 is 2.85 bits per heavy atom. The molecule has 1 aliphatic heterocycles. The van der Waals surface area contributed by atoms with Gasteiger partial charge in [0.15, 0.2) is 0 Å². The zero-order valence-electron chi connectivity index (χ0n) is 12.4. The zero-order valence-corrected chi connectivity index (χ0v) is 13.3. The van der Waals surface area contributed by atoms with Gasteiger partial charge in [-0.2, -0.15) is 0 Å². The highest BCUT2D eigenvalue weighted by atomic mass is 32.2. The van der Waals surface area contributed by atoms with Crippen LogP contribution in [0.15, 0.2) is 24.3 Å². The Labute approximate surface area is 122 Å². The summed E-state index contributed by atoms with van der Waals surface area (Å²) in [6, 6.07) is 7.83. The van der Waals surface area contributed by atoms with Crippen molar-refractivity contribution >= 4 is 15.7 Å². The molecule has 1 aromatic carbocycles. The first kappa shape index (κ1) is 15.3. The standard InChI is InChI=1S/C15H24N2O2S/c1-4-20(18,19)17-14-7-5-6-13(10-14)15(3)8-9-16-11-12(15)2/h5-7,10,12,16-17H,4,8-9,11H2,1-3H3. The first-order valence-corrected chi connectivity index (χ1v) is 8.84. The minimum Gasteiger partial charge on any atom is -0.316 e. The summed E-state index contributed by atoms with van der Waals surface area (Å²) in [7, 11) is -3.22. The zero-order chi connectivity index (χ0) is 14.8. The Morgan fingerprint density at radius 2 is 2.20 bits per heavy atom. The molecule has 0 spiro atoms. The summed E-state index contributed by atoms with van der Waals surface area (Å²) in [4.78, 5) is 0. The Kier molecular flexibility index (Phi) is 4.39. The highest BCUT2D eigenvalue weighted by Gasteiger charge is 2.35. The van der Waals surface area contributed by atoms with Crippen molar-refractivity contribution in [3.8, 4) is 0 Å². The molecule has 2 rings (SSSR count). The van der Waals surface area contributed by atoms with E-state index in [1.165, 1.54) is 5.56 Å². The maximum Gasteiger partial charge on any atom is 0.232 e. The summed E-state index contributed by atoms with van der Waals surface area (Å²) >= 11 is 0. The highest BCUT2D eigenvalue weighted by Crippen LogP contribution is 2.38. The molecule has 0 aromatic heterocycles. The first-order valence-electron chi connectivity index (χ1n) is 7.19. The third kappa shape index (κ3) is 3.15. The fraction of sp³-hybridized carbons (Fsp3) is 0.600. The van der Waals surface area contributed by atoms with Crippen LogP contribution in [0.5, 0.6) is 0 Å². The monoisotopic (exact) mass is 296 g/mol. The Bertz CT molecular complexity index is 571. The van der Waals surface area contributed by atoms with Gasteiger partial charge in [0.1, 0.15) is 0 Å². The third-order valence-electron chi connectivity index (χ3n) is 4.53. The lowest BCUT2D eigenvalue weighted by atomic mass is 9.68. The van der Waals surface area contributed by atoms with Gasteiger partial charge < -0.3 is 5.32 Å². The summed E-state index contributed by atoms with van der Waals surface area (Å²) in [5.74, 6) is 0.615. The molecule has 0 aliphatic carbocycles. The van der Waals surface area contributed by atoms with Gasteiger partial charge in [0, 0.05) is 5.69 Å². The van der Waals surface area contributed by atoms with Crippen LogP contribution in [0.25, 0.3) is 0 Å². The van der Waals surface area contributed by atoms with Crippen molar-refractivity contribution in [1.82, 2.24) is 5.32 Å². The second-order valence-electron chi connectivity index (χ2n) is 5.86. The van der Waals surface area contributed by atoms with E-state index in [4.69, 9.17) is 0 Å². The number of nitrogens with one attached hydrogen (secondary N) is 2. The lowest BCUT2D eigenvalue weighted by molar-refractivity contribution is 0.238. The highest BCUT2D eigenvalue weighted by molar-refractivity contribution is 7.92. The second-order valence-corrected chi connectivity index (χ2v) is 7.87. The average Bonchev–Trinajstić information content (AvgIpc) is 2.42. The Hall–Kier alpha value is -1.07. The topological polar surface area (TPSA) is 58.2 Å². The molecule has 1 fully saturated rings.